The molecule has 0 radical (unpaired) electrons. The molecule has 1 atom stereocenters. The van der Waals surface area contributed by atoms with Crippen LogP contribution in [0.15, 0.2) is 18.2 Å². The van der Waals surface area contributed by atoms with E-state index in [2.05, 4.69) is 32.3 Å². The summed E-state index contributed by atoms with van der Waals surface area (Å²) >= 11 is 6.34. The molecule has 3 nitrogen and oxygen atoms in total. The Kier molecular flexibility index (Phi) is 4.40. The fraction of sp³-hybridized carbons (Fsp3) is 0.562. The molecule has 0 aliphatic rings. The molecule has 0 aliphatic heterocycles. The number of fused-ring (bicyclic) bond motifs is 1. The number of hydrogen-bond donors (Lipinski definition) is 1. The Bertz CT molecular complexity index is 596. The maximum Gasteiger partial charge on any atom is 0.114 e. The fourth-order valence-electron chi connectivity index (χ4n) is 2.81. The summed E-state index contributed by atoms with van der Waals surface area (Å²) in [5, 5.41) is 0.759. The molecule has 2 N–H and O–H groups in total. The predicted molar refractivity (Wildman–Crippen MR) is 86.3 cm³/mol. The van der Waals surface area contributed by atoms with Crippen LogP contribution in [0.5, 0.6) is 0 Å². The molecule has 0 fully saturated rings. The molecule has 0 bridgehead atoms. The highest BCUT2D eigenvalue weighted by atomic mass is 35.5. The van der Waals surface area contributed by atoms with Crippen molar-refractivity contribution in [2.45, 2.75) is 46.6 Å². The topological polar surface area (TPSA) is 43.8 Å². The maximum atomic E-state index is 6.34. The highest BCUT2D eigenvalue weighted by Gasteiger charge is 2.24. The van der Waals surface area contributed by atoms with Crippen LogP contribution >= 0.6 is 11.6 Å². The number of aromatic nitrogens is 2. The van der Waals surface area contributed by atoms with Gasteiger partial charge < -0.3 is 10.3 Å². The number of imidazole rings is 1. The van der Waals surface area contributed by atoms with Crippen LogP contribution in [-0.2, 0) is 6.54 Å². The zero-order valence-corrected chi connectivity index (χ0v) is 13.5. The van der Waals surface area contributed by atoms with Crippen molar-refractivity contribution in [1.29, 1.82) is 0 Å². The Hall–Kier alpha value is -1.06. The molecule has 1 unspecified atom stereocenters. The molecule has 0 saturated carbocycles. The van der Waals surface area contributed by atoms with Crippen LogP contribution in [-0.4, -0.2) is 16.1 Å². The second-order valence-corrected chi connectivity index (χ2v) is 6.93. The molecule has 0 saturated heterocycles. The van der Waals surface area contributed by atoms with Crippen LogP contribution in [0.2, 0.25) is 5.02 Å². The Balaban J connectivity index is 2.55. The van der Waals surface area contributed by atoms with Crippen LogP contribution in [0.25, 0.3) is 11.0 Å². The van der Waals surface area contributed by atoms with E-state index < -0.39 is 0 Å². The van der Waals surface area contributed by atoms with Gasteiger partial charge in [0.2, 0.25) is 0 Å². The Morgan fingerprint density at radius 3 is 2.60 bits per heavy atom. The van der Waals surface area contributed by atoms with Gasteiger partial charge in [-0.1, -0.05) is 38.4 Å². The lowest BCUT2D eigenvalue weighted by molar-refractivity contribution is 0.332. The minimum Gasteiger partial charge on any atom is -0.330 e. The van der Waals surface area contributed by atoms with Gasteiger partial charge in [0.15, 0.2) is 0 Å². The van der Waals surface area contributed by atoms with E-state index in [1.54, 1.807) is 0 Å². The van der Waals surface area contributed by atoms with Crippen molar-refractivity contribution in [3.05, 3.63) is 29.0 Å². The van der Waals surface area contributed by atoms with Crippen molar-refractivity contribution in [3.8, 4) is 0 Å². The molecule has 1 heterocycles. The molecule has 110 valence electrons. The summed E-state index contributed by atoms with van der Waals surface area (Å²) in [6.45, 7) is 10.3. The highest BCUT2D eigenvalue weighted by molar-refractivity contribution is 6.35. The van der Waals surface area contributed by atoms with Crippen LogP contribution in [0.3, 0.4) is 0 Å². The number of aryl methyl sites for hydroxylation is 1. The average Bonchev–Trinajstić information content (AvgIpc) is 2.74. The van der Waals surface area contributed by atoms with Gasteiger partial charge in [0.25, 0.3) is 0 Å². The molecular formula is C16H24ClN3. The third kappa shape index (κ3) is 2.99. The monoisotopic (exact) mass is 293 g/mol. The summed E-state index contributed by atoms with van der Waals surface area (Å²) in [5.41, 5.74) is 8.22. The smallest absolute Gasteiger partial charge is 0.114 e. The summed E-state index contributed by atoms with van der Waals surface area (Å²) in [7, 11) is 0. The van der Waals surface area contributed by atoms with Gasteiger partial charge in [-0.05, 0) is 30.9 Å². The standard InChI is InChI=1S/C16H24ClN3/c1-5-20-14-12(17)7-6-8-13(14)19-15(20)11(10-18)9-16(2,3)4/h6-8,11H,5,9-10,18H2,1-4H3. The lowest BCUT2D eigenvalue weighted by Gasteiger charge is -2.25. The average molecular weight is 294 g/mol. The number of halogens is 1. The summed E-state index contributed by atoms with van der Waals surface area (Å²) in [4.78, 5) is 4.80. The van der Waals surface area contributed by atoms with Crippen molar-refractivity contribution >= 4 is 22.6 Å². The second-order valence-electron chi connectivity index (χ2n) is 6.52. The molecule has 20 heavy (non-hydrogen) atoms. The van der Waals surface area contributed by atoms with E-state index in [0.717, 1.165) is 34.8 Å². The zero-order valence-electron chi connectivity index (χ0n) is 12.8. The van der Waals surface area contributed by atoms with E-state index in [1.807, 2.05) is 18.2 Å². The van der Waals surface area contributed by atoms with Gasteiger partial charge in [0.05, 0.1) is 16.1 Å². The molecule has 4 heteroatoms. The van der Waals surface area contributed by atoms with E-state index >= 15 is 0 Å². The Morgan fingerprint density at radius 1 is 1.35 bits per heavy atom. The Labute approximate surface area is 126 Å². The lowest BCUT2D eigenvalue weighted by Crippen LogP contribution is -2.22. The number of hydrogen-bond acceptors (Lipinski definition) is 2. The van der Waals surface area contributed by atoms with E-state index in [4.69, 9.17) is 22.3 Å². The van der Waals surface area contributed by atoms with Crippen LogP contribution in [0.4, 0.5) is 0 Å². The molecule has 1 aromatic carbocycles. The molecule has 0 aliphatic carbocycles. The second kappa shape index (κ2) is 5.74. The minimum absolute atomic E-state index is 0.227. The third-order valence-corrected chi connectivity index (χ3v) is 3.88. The first-order chi connectivity index (χ1) is 9.37. The van der Waals surface area contributed by atoms with E-state index in [0.29, 0.717) is 6.54 Å². The lowest BCUT2D eigenvalue weighted by atomic mass is 9.84. The van der Waals surface area contributed by atoms with Crippen molar-refractivity contribution in [2.75, 3.05) is 6.54 Å². The van der Waals surface area contributed by atoms with Gasteiger partial charge in [-0.2, -0.15) is 0 Å². The van der Waals surface area contributed by atoms with Gasteiger partial charge in [-0.25, -0.2) is 4.98 Å². The summed E-state index contributed by atoms with van der Waals surface area (Å²) < 4.78 is 2.21. The van der Waals surface area contributed by atoms with Gasteiger partial charge >= 0.3 is 0 Å². The maximum absolute atomic E-state index is 6.34. The van der Waals surface area contributed by atoms with Crippen LogP contribution in [0, 0.1) is 5.41 Å². The Morgan fingerprint density at radius 2 is 2.05 bits per heavy atom. The predicted octanol–water partition coefficient (Wildman–Crippen LogP) is 4.19. The molecule has 0 spiro atoms. The number of nitrogens with zero attached hydrogens (tertiary/aromatic N) is 2. The van der Waals surface area contributed by atoms with E-state index in [-0.39, 0.29) is 11.3 Å². The van der Waals surface area contributed by atoms with Gasteiger partial charge in [0, 0.05) is 19.0 Å². The highest BCUT2D eigenvalue weighted by Crippen LogP contribution is 2.33. The quantitative estimate of drug-likeness (QED) is 0.918. The van der Waals surface area contributed by atoms with Gasteiger partial charge in [-0.15, -0.1) is 0 Å². The summed E-state index contributed by atoms with van der Waals surface area (Å²) in [5.74, 6) is 1.33. The zero-order chi connectivity index (χ0) is 14.9. The number of para-hydroxylation sites is 1. The largest absolute Gasteiger partial charge is 0.330 e. The third-order valence-electron chi connectivity index (χ3n) is 3.57. The van der Waals surface area contributed by atoms with E-state index in [1.165, 1.54) is 0 Å². The molecule has 1 aromatic heterocycles. The summed E-state index contributed by atoms with van der Waals surface area (Å²) in [6, 6.07) is 5.88. The van der Waals surface area contributed by atoms with Gasteiger partial charge in [0.1, 0.15) is 5.82 Å². The first-order valence-electron chi connectivity index (χ1n) is 7.22. The van der Waals surface area contributed by atoms with Crippen LogP contribution in [0.1, 0.15) is 45.9 Å². The van der Waals surface area contributed by atoms with E-state index in [9.17, 15) is 0 Å². The number of benzene rings is 1. The molecule has 2 rings (SSSR count). The SMILES string of the molecule is CCn1c(C(CN)CC(C)(C)C)nc2cccc(Cl)c21. The molecular weight excluding hydrogens is 270 g/mol. The van der Waals surface area contributed by atoms with Crippen molar-refractivity contribution in [2.24, 2.45) is 11.1 Å². The van der Waals surface area contributed by atoms with Crippen LogP contribution < -0.4 is 5.73 Å². The number of rotatable bonds is 4. The first-order valence-corrected chi connectivity index (χ1v) is 7.60. The molecule has 2 aromatic rings. The minimum atomic E-state index is 0.227. The fourth-order valence-corrected chi connectivity index (χ4v) is 3.08. The van der Waals surface area contributed by atoms with Crippen molar-refractivity contribution in [3.63, 3.8) is 0 Å². The van der Waals surface area contributed by atoms with Crippen molar-refractivity contribution < 1.29 is 0 Å². The van der Waals surface area contributed by atoms with Crippen molar-refractivity contribution in [1.82, 2.24) is 9.55 Å². The normalized spacial score (nSPS) is 13.9. The molecule has 0 amide bonds. The number of nitrogens with two attached hydrogens (primary N) is 1. The van der Waals surface area contributed by atoms with Gasteiger partial charge in [-0.3, -0.25) is 0 Å². The summed E-state index contributed by atoms with van der Waals surface area (Å²) in [6.07, 6.45) is 1.02. The first kappa shape index (κ1) is 15.3.